The van der Waals surface area contributed by atoms with Gasteiger partial charge >= 0.3 is 0 Å². The van der Waals surface area contributed by atoms with E-state index in [2.05, 4.69) is 41.1 Å². The van der Waals surface area contributed by atoms with Crippen LogP contribution in [0.4, 0.5) is 0 Å². The molecule has 1 aromatic rings. The van der Waals surface area contributed by atoms with Gasteiger partial charge in [0.05, 0.1) is 0 Å². The summed E-state index contributed by atoms with van der Waals surface area (Å²) in [6.07, 6.45) is 1.08. The highest BCUT2D eigenvalue weighted by atomic mass is 79.9. The summed E-state index contributed by atoms with van der Waals surface area (Å²) in [6.45, 7) is 2.26. The summed E-state index contributed by atoms with van der Waals surface area (Å²) >= 11 is 5.49. The summed E-state index contributed by atoms with van der Waals surface area (Å²) < 4.78 is 1.13. The average molecular weight is 272 g/mol. The van der Waals surface area contributed by atoms with Crippen molar-refractivity contribution in [2.75, 3.05) is 0 Å². The number of benzene rings is 1. The molecule has 2 rings (SSSR count). The van der Waals surface area contributed by atoms with Gasteiger partial charge in [-0.15, -0.1) is 0 Å². The first kappa shape index (κ1) is 10.5. The van der Waals surface area contributed by atoms with E-state index >= 15 is 0 Å². The predicted octanol–water partition coefficient (Wildman–Crippen LogP) is 3.47. The molecule has 1 aliphatic rings. The second-order valence-corrected chi connectivity index (χ2v) is 6.15. The third-order valence-corrected chi connectivity index (χ3v) is 4.35. The minimum atomic E-state index is 0.201. The summed E-state index contributed by atoms with van der Waals surface area (Å²) in [7, 11) is 0. The van der Waals surface area contributed by atoms with Crippen LogP contribution in [-0.2, 0) is 5.75 Å². The van der Waals surface area contributed by atoms with Gasteiger partial charge in [0.15, 0.2) is 0 Å². The zero-order valence-corrected chi connectivity index (χ0v) is 10.6. The van der Waals surface area contributed by atoms with E-state index in [0.29, 0.717) is 5.25 Å². The molecule has 2 atom stereocenters. The quantitative estimate of drug-likeness (QED) is 0.782. The zero-order chi connectivity index (χ0) is 10.1. The van der Waals surface area contributed by atoms with Crippen molar-refractivity contribution in [3.8, 4) is 0 Å². The number of nitrogens with two attached hydrogens (primary N) is 1. The molecule has 0 aromatic heterocycles. The van der Waals surface area contributed by atoms with Crippen molar-refractivity contribution in [1.29, 1.82) is 0 Å². The maximum Gasteiger partial charge on any atom is 0.0308 e. The zero-order valence-electron chi connectivity index (χ0n) is 8.16. The van der Waals surface area contributed by atoms with E-state index in [1.807, 2.05) is 11.8 Å². The molecule has 1 heterocycles. The Labute approximate surface area is 97.6 Å². The molecule has 2 N–H and O–H groups in total. The molecule has 76 valence electrons. The van der Waals surface area contributed by atoms with E-state index in [1.165, 1.54) is 11.1 Å². The van der Waals surface area contributed by atoms with Crippen LogP contribution in [0.3, 0.4) is 0 Å². The molecule has 1 aromatic carbocycles. The van der Waals surface area contributed by atoms with Gasteiger partial charge in [0.2, 0.25) is 0 Å². The SMILES string of the molecule is CC1C[C@@H](N)c2cc(Br)ccc2CS1. The van der Waals surface area contributed by atoms with Crippen LogP contribution >= 0.6 is 27.7 Å². The fourth-order valence-corrected chi connectivity index (χ4v) is 3.28. The summed E-state index contributed by atoms with van der Waals surface area (Å²) in [5.74, 6) is 1.09. The van der Waals surface area contributed by atoms with Crippen molar-refractivity contribution in [3.63, 3.8) is 0 Å². The fraction of sp³-hybridized carbons (Fsp3) is 0.455. The molecule has 0 saturated heterocycles. The van der Waals surface area contributed by atoms with Crippen molar-refractivity contribution in [2.24, 2.45) is 5.73 Å². The van der Waals surface area contributed by atoms with E-state index in [9.17, 15) is 0 Å². The topological polar surface area (TPSA) is 26.0 Å². The molecule has 1 unspecified atom stereocenters. The molecule has 0 saturated carbocycles. The highest BCUT2D eigenvalue weighted by Gasteiger charge is 2.19. The van der Waals surface area contributed by atoms with Crippen LogP contribution in [0.15, 0.2) is 22.7 Å². The molecule has 1 nitrogen and oxygen atoms in total. The second kappa shape index (κ2) is 4.25. The van der Waals surface area contributed by atoms with Crippen LogP contribution in [0.5, 0.6) is 0 Å². The lowest BCUT2D eigenvalue weighted by Crippen LogP contribution is -2.14. The van der Waals surface area contributed by atoms with E-state index < -0.39 is 0 Å². The van der Waals surface area contributed by atoms with Crippen LogP contribution in [0.2, 0.25) is 0 Å². The van der Waals surface area contributed by atoms with Crippen molar-refractivity contribution >= 4 is 27.7 Å². The van der Waals surface area contributed by atoms with Gasteiger partial charge in [-0.1, -0.05) is 28.9 Å². The Morgan fingerprint density at radius 2 is 2.29 bits per heavy atom. The Balaban J connectivity index is 2.39. The van der Waals surface area contributed by atoms with Gasteiger partial charge in [0, 0.05) is 21.5 Å². The first-order valence-electron chi connectivity index (χ1n) is 4.82. The Morgan fingerprint density at radius 3 is 3.07 bits per heavy atom. The van der Waals surface area contributed by atoms with Crippen LogP contribution in [0.25, 0.3) is 0 Å². The van der Waals surface area contributed by atoms with Crippen molar-refractivity contribution in [3.05, 3.63) is 33.8 Å². The molecule has 0 fully saturated rings. The minimum Gasteiger partial charge on any atom is -0.324 e. The lowest BCUT2D eigenvalue weighted by atomic mass is 9.99. The van der Waals surface area contributed by atoms with Crippen molar-refractivity contribution < 1.29 is 0 Å². The van der Waals surface area contributed by atoms with Gasteiger partial charge in [-0.3, -0.25) is 0 Å². The largest absolute Gasteiger partial charge is 0.324 e. The van der Waals surface area contributed by atoms with Gasteiger partial charge in [0.25, 0.3) is 0 Å². The Kier molecular flexibility index (Phi) is 3.20. The predicted molar refractivity (Wildman–Crippen MR) is 66.4 cm³/mol. The molecule has 0 spiro atoms. The highest BCUT2D eigenvalue weighted by molar-refractivity contribution is 9.10. The Morgan fingerprint density at radius 1 is 1.50 bits per heavy atom. The molecule has 0 bridgehead atoms. The minimum absolute atomic E-state index is 0.201. The molecule has 1 aliphatic heterocycles. The number of halogens is 1. The maximum atomic E-state index is 6.17. The van der Waals surface area contributed by atoms with Gasteiger partial charge in [0.1, 0.15) is 0 Å². The number of hydrogen-bond acceptors (Lipinski definition) is 2. The molecule has 14 heavy (non-hydrogen) atoms. The highest BCUT2D eigenvalue weighted by Crippen LogP contribution is 2.34. The standard InChI is InChI=1S/C11H14BrNS/c1-7-4-11(13)10-5-9(12)3-2-8(10)6-14-7/h2-3,5,7,11H,4,6,13H2,1H3/t7?,11-/m1/s1. The van der Waals surface area contributed by atoms with Crippen molar-refractivity contribution in [1.82, 2.24) is 0 Å². The van der Waals surface area contributed by atoms with Crippen LogP contribution in [-0.4, -0.2) is 5.25 Å². The van der Waals surface area contributed by atoms with E-state index in [-0.39, 0.29) is 6.04 Å². The molecule has 3 heteroatoms. The first-order chi connectivity index (χ1) is 6.66. The number of thioether (sulfide) groups is 1. The Hall–Kier alpha value is 0.01000. The molecule has 0 amide bonds. The first-order valence-corrected chi connectivity index (χ1v) is 6.66. The third kappa shape index (κ3) is 2.15. The summed E-state index contributed by atoms with van der Waals surface area (Å²) in [4.78, 5) is 0. The lowest BCUT2D eigenvalue weighted by Gasteiger charge is -2.13. The smallest absolute Gasteiger partial charge is 0.0308 e. The summed E-state index contributed by atoms with van der Waals surface area (Å²) in [6, 6.07) is 6.65. The van der Waals surface area contributed by atoms with Gasteiger partial charge in [-0.2, -0.15) is 11.8 Å². The molecular formula is C11H14BrNS. The van der Waals surface area contributed by atoms with Gasteiger partial charge in [-0.05, 0) is 29.7 Å². The molecule has 0 radical (unpaired) electrons. The second-order valence-electron chi connectivity index (χ2n) is 3.81. The van der Waals surface area contributed by atoms with Crippen LogP contribution in [0.1, 0.15) is 30.5 Å². The monoisotopic (exact) mass is 271 g/mol. The average Bonchev–Trinajstić information content (AvgIpc) is 2.27. The molecule has 0 aliphatic carbocycles. The lowest BCUT2D eigenvalue weighted by molar-refractivity contribution is 0.651. The fourth-order valence-electron chi connectivity index (χ4n) is 1.83. The normalized spacial score (nSPS) is 26.8. The number of rotatable bonds is 0. The summed E-state index contributed by atoms with van der Waals surface area (Å²) in [5.41, 5.74) is 8.89. The summed E-state index contributed by atoms with van der Waals surface area (Å²) in [5, 5.41) is 0.663. The maximum absolute atomic E-state index is 6.17. The van der Waals surface area contributed by atoms with Gasteiger partial charge < -0.3 is 5.73 Å². The van der Waals surface area contributed by atoms with Crippen LogP contribution < -0.4 is 5.73 Å². The Bertz CT molecular complexity index is 340. The van der Waals surface area contributed by atoms with E-state index in [1.54, 1.807) is 0 Å². The van der Waals surface area contributed by atoms with Crippen molar-refractivity contribution in [2.45, 2.75) is 30.4 Å². The third-order valence-electron chi connectivity index (χ3n) is 2.62. The van der Waals surface area contributed by atoms with E-state index in [0.717, 1.165) is 16.6 Å². The van der Waals surface area contributed by atoms with Gasteiger partial charge in [-0.25, -0.2) is 0 Å². The van der Waals surface area contributed by atoms with E-state index in [4.69, 9.17) is 5.73 Å². The number of fused-ring (bicyclic) bond motifs is 1. The van der Waals surface area contributed by atoms with Crippen LogP contribution in [0, 0.1) is 0 Å². The number of hydrogen-bond donors (Lipinski definition) is 1. The molecular weight excluding hydrogens is 258 g/mol.